The Balaban J connectivity index is 2.12. The van der Waals surface area contributed by atoms with Gasteiger partial charge in [-0.15, -0.1) is 0 Å². The van der Waals surface area contributed by atoms with Gasteiger partial charge in [0.05, 0.1) is 30.6 Å². The molecule has 6 nitrogen and oxygen atoms in total. The molecule has 0 radical (unpaired) electrons. The number of rotatable bonds is 7. The molecule has 2 aromatic carbocycles. The van der Waals surface area contributed by atoms with Gasteiger partial charge in [-0.3, -0.25) is 0 Å². The van der Waals surface area contributed by atoms with Crippen LogP contribution < -0.4 is 9.46 Å². The van der Waals surface area contributed by atoms with E-state index < -0.39 is 15.8 Å². The topological polar surface area (TPSA) is 73.2 Å². The van der Waals surface area contributed by atoms with E-state index in [0.717, 1.165) is 5.56 Å². The lowest BCUT2D eigenvalue weighted by Gasteiger charge is -2.12. The van der Waals surface area contributed by atoms with Crippen LogP contribution in [0.1, 0.15) is 0 Å². The van der Waals surface area contributed by atoms with E-state index in [-0.39, 0.29) is 12.3 Å². The summed E-state index contributed by atoms with van der Waals surface area (Å²) in [6.07, 6.45) is 1.53. The highest BCUT2D eigenvalue weighted by molar-refractivity contribution is 7.89. The van der Waals surface area contributed by atoms with Gasteiger partial charge in [-0.05, 0) is 19.2 Å². The molecule has 0 aliphatic rings. The number of hydrogen-bond acceptors (Lipinski definition) is 4. The van der Waals surface area contributed by atoms with E-state index in [2.05, 4.69) is 9.71 Å². The second-order valence-corrected chi connectivity index (χ2v) is 7.92. The fourth-order valence-corrected chi connectivity index (χ4v) is 3.42. The number of hydrogen-bond donors (Lipinski definition) is 1. The van der Waals surface area contributed by atoms with Crippen molar-refractivity contribution in [3.63, 3.8) is 0 Å². The number of aromatic nitrogens is 2. The molecule has 1 N–H and O–H groups in total. The van der Waals surface area contributed by atoms with Crippen LogP contribution in [0.15, 0.2) is 54.9 Å². The Morgan fingerprint density at radius 1 is 1.19 bits per heavy atom. The molecular weight excluding hydrogens is 369 g/mol. The molecule has 0 saturated carbocycles. The van der Waals surface area contributed by atoms with Crippen molar-refractivity contribution >= 4 is 10.0 Å². The fourth-order valence-electron chi connectivity index (χ4n) is 2.78. The SMILES string of the molecule is CNS(=O)(=O)CCn1cnc(-c2ccccc2)c1-c1ccc(OC)cc1F. The standard InChI is InChI=1S/C19H20FN3O3S/c1-21-27(24,25)11-10-23-13-22-18(14-6-4-3-5-7-14)19(23)16-9-8-15(26-2)12-17(16)20/h3-9,12-13,21H,10-11H2,1-2H3. The lowest BCUT2D eigenvalue weighted by atomic mass is 10.0. The van der Waals surface area contributed by atoms with Crippen molar-refractivity contribution in [3.05, 3.63) is 60.7 Å². The van der Waals surface area contributed by atoms with Crippen LogP contribution in [0.25, 0.3) is 22.5 Å². The van der Waals surface area contributed by atoms with Gasteiger partial charge in [0, 0.05) is 23.7 Å². The number of ether oxygens (including phenoxy) is 1. The number of nitrogens with zero attached hydrogens (tertiary/aromatic N) is 2. The van der Waals surface area contributed by atoms with E-state index in [1.807, 2.05) is 30.3 Å². The van der Waals surface area contributed by atoms with Gasteiger partial charge in [-0.1, -0.05) is 30.3 Å². The van der Waals surface area contributed by atoms with Crippen LogP contribution in [0.3, 0.4) is 0 Å². The monoisotopic (exact) mass is 389 g/mol. The Hall–Kier alpha value is -2.71. The summed E-state index contributed by atoms with van der Waals surface area (Å²) in [5.74, 6) is -0.204. The molecule has 142 valence electrons. The first-order valence-corrected chi connectivity index (χ1v) is 9.96. The van der Waals surface area contributed by atoms with Crippen LogP contribution in [-0.4, -0.2) is 37.9 Å². The normalized spacial score (nSPS) is 11.5. The van der Waals surface area contributed by atoms with Crippen molar-refractivity contribution in [1.29, 1.82) is 0 Å². The van der Waals surface area contributed by atoms with Crippen molar-refractivity contribution in [2.24, 2.45) is 0 Å². The molecule has 3 aromatic rings. The minimum absolute atomic E-state index is 0.140. The number of aryl methyl sites for hydroxylation is 1. The van der Waals surface area contributed by atoms with Crippen LogP contribution in [0, 0.1) is 5.82 Å². The van der Waals surface area contributed by atoms with E-state index >= 15 is 0 Å². The van der Waals surface area contributed by atoms with Gasteiger partial charge in [-0.2, -0.15) is 0 Å². The summed E-state index contributed by atoms with van der Waals surface area (Å²) in [5, 5.41) is 0. The number of nitrogens with one attached hydrogen (secondary N) is 1. The van der Waals surface area contributed by atoms with Gasteiger partial charge in [-0.25, -0.2) is 22.5 Å². The van der Waals surface area contributed by atoms with Gasteiger partial charge < -0.3 is 9.30 Å². The van der Waals surface area contributed by atoms with Crippen LogP contribution in [0.5, 0.6) is 5.75 Å². The maximum atomic E-state index is 14.8. The molecule has 8 heteroatoms. The molecule has 0 bridgehead atoms. The Bertz CT molecular complexity index is 1030. The number of methoxy groups -OCH3 is 1. The number of halogens is 1. The molecular formula is C19H20FN3O3S. The molecule has 0 aliphatic carbocycles. The molecule has 0 spiro atoms. The van der Waals surface area contributed by atoms with Gasteiger partial charge in [0.2, 0.25) is 10.0 Å². The highest BCUT2D eigenvalue weighted by Gasteiger charge is 2.19. The van der Waals surface area contributed by atoms with Crippen molar-refractivity contribution in [1.82, 2.24) is 14.3 Å². The van der Waals surface area contributed by atoms with Gasteiger partial charge in [0.1, 0.15) is 11.6 Å². The molecule has 0 amide bonds. The lowest BCUT2D eigenvalue weighted by molar-refractivity contribution is 0.411. The summed E-state index contributed by atoms with van der Waals surface area (Å²) in [6, 6.07) is 13.9. The zero-order valence-corrected chi connectivity index (χ0v) is 15.8. The Morgan fingerprint density at radius 3 is 2.56 bits per heavy atom. The quantitative estimate of drug-likeness (QED) is 0.674. The van der Waals surface area contributed by atoms with Crippen molar-refractivity contribution in [2.45, 2.75) is 6.54 Å². The van der Waals surface area contributed by atoms with Gasteiger partial charge in [0.25, 0.3) is 0 Å². The zero-order valence-electron chi connectivity index (χ0n) is 15.0. The van der Waals surface area contributed by atoms with E-state index in [0.29, 0.717) is 22.7 Å². The van der Waals surface area contributed by atoms with E-state index in [9.17, 15) is 12.8 Å². The maximum absolute atomic E-state index is 14.8. The second kappa shape index (κ2) is 7.89. The van der Waals surface area contributed by atoms with Crippen molar-refractivity contribution < 1.29 is 17.5 Å². The second-order valence-electron chi connectivity index (χ2n) is 5.87. The lowest BCUT2D eigenvalue weighted by Crippen LogP contribution is -2.24. The molecule has 0 saturated heterocycles. The van der Waals surface area contributed by atoms with E-state index in [4.69, 9.17) is 4.74 Å². The van der Waals surface area contributed by atoms with Crippen molar-refractivity contribution in [3.8, 4) is 28.3 Å². The smallest absolute Gasteiger partial charge is 0.213 e. The first-order chi connectivity index (χ1) is 12.9. The molecule has 0 aliphatic heterocycles. The number of sulfonamides is 1. The van der Waals surface area contributed by atoms with E-state index in [1.165, 1.54) is 26.6 Å². The van der Waals surface area contributed by atoms with Crippen LogP contribution in [0.2, 0.25) is 0 Å². The predicted molar refractivity (Wildman–Crippen MR) is 102 cm³/mol. The summed E-state index contributed by atoms with van der Waals surface area (Å²) in [7, 11) is -0.572. The first kappa shape index (κ1) is 19.1. The Kier molecular flexibility index (Phi) is 5.57. The van der Waals surface area contributed by atoms with E-state index in [1.54, 1.807) is 16.7 Å². The highest BCUT2D eigenvalue weighted by atomic mass is 32.2. The third-order valence-electron chi connectivity index (χ3n) is 4.23. The molecule has 0 unspecified atom stereocenters. The van der Waals surface area contributed by atoms with Crippen LogP contribution in [0.4, 0.5) is 4.39 Å². The zero-order chi connectivity index (χ0) is 19.4. The van der Waals surface area contributed by atoms with Crippen LogP contribution >= 0.6 is 0 Å². The molecule has 0 fully saturated rings. The summed E-state index contributed by atoms with van der Waals surface area (Å²) < 4.78 is 47.4. The third-order valence-corrected chi connectivity index (χ3v) is 5.57. The predicted octanol–water partition coefficient (Wildman–Crippen LogP) is 2.91. The van der Waals surface area contributed by atoms with Gasteiger partial charge in [0.15, 0.2) is 0 Å². The molecule has 3 rings (SSSR count). The first-order valence-electron chi connectivity index (χ1n) is 8.31. The average Bonchev–Trinajstić information content (AvgIpc) is 3.10. The number of imidazole rings is 1. The molecule has 1 heterocycles. The fraction of sp³-hybridized carbons (Fsp3) is 0.211. The maximum Gasteiger partial charge on any atom is 0.213 e. The van der Waals surface area contributed by atoms with Crippen molar-refractivity contribution in [2.75, 3.05) is 19.9 Å². The highest BCUT2D eigenvalue weighted by Crippen LogP contribution is 2.34. The Morgan fingerprint density at radius 2 is 1.93 bits per heavy atom. The Labute approximate surface area is 157 Å². The van der Waals surface area contributed by atoms with Gasteiger partial charge >= 0.3 is 0 Å². The summed E-state index contributed by atoms with van der Waals surface area (Å²) in [5.41, 5.74) is 2.25. The molecule has 1 aromatic heterocycles. The summed E-state index contributed by atoms with van der Waals surface area (Å²) in [4.78, 5) is 4.42. The third kappa shape index (κ3) is 4.17. The molecule has 0 atom stereocenters. The average molecular weight is 389 g/mol. The van der Waals surface area contributed by atoms with Crippen LogP contribution in [-0.2, 0) is 16.6 Å². The minimum atomic E-state index is -3.41. The largest absolute Gasteiger partial charge is 0.497 e. The summed E-state index contributed by atoms with van der Waals surface area (Å²) >= 11 is 0. The number of benzene rings is 2. The molecule has 27 heavy (non-hydrogen) atoms. The summed E-state index contributed by atoms with van der Waals surface area (Å²) in [6.45, 7) is 0.143. The minimum Gasteiger partial charge on any atom is -0.497 e.